The number of aryl methyl sites for hydroxylation is 1. The van der Waals surface area contributed by atoms with Crippen molar-refractivity contribution in [1.29, 1.82) is 0 Å². The molecule has 1 aliphatic carbocycles. The number of amides is 1. The Balaban J connectivity index is 1.24. The molecule has 1 saturated carbocycles. The maximum atomic E-state index is 13.7. The van der Waals surface area contributed by atoms with Crippen LogP contribution < -0.4 is 5.56 Å². The number of thiophene rings is 1. The number of H-pyrrole nitrogens is 1. The molecule has 206 valence electrons. The second-order valence-corrected chi connectivity index (χ2v) is 12.1. The summed E-state index contributed by atoms with van der Waals surface area (Å²) in [6, 6.07) is 15.4. The number of fused-ring (bicyclic) bond motifs is 1. The lowest BCUT2D eigenvalue weighted by atomic mass is 9.99. The standard InChI is InChI=1S/C32H32FN3O3S/c1-19(2)23-16-27(40-18-23)32(11-12-32)31-34-26-10-5-13-36(17-25(26)29(38)35-31)30(39)28(37)22-8-3-6-20(14-22)21-7-4-9-24(33)15-21/h3-4,6-9,14-16,18-19,28,37H,5,10-13,17H2,1-2H3,(H,34,35,38). The number of hydrogen-bond donors (Lipinski definition) is 2. The Labute approximate surface area is 236 Å². The smallest absolute Gasteiger partial charge is 0.256 e. The molecule has 0 radical (unpaired) electrons. The molecule has 8 heteroatoms. The van der Waals surface area contributed by atoms with Gasteiger partial charge in [0.2, 0.25) is 0 Å². The lowest BCUT2D eigenvalue weighted by molar-refractivity contribution is -0.141. The molecule has 40 heavy (non-hydrogen) atoms. The third kappa shape index (κ3) is 4.90. The van der Waals surface area contributed by atoms with Gasteiger partial charge in [-0.05, 0) is 83.5 Å². The molecule has 2 aromatic heterocycles. The first-order chi connectivity index (χ1) is 19.2. The molecule has 0 bridgehead atoms. The Morgan fingerprint density at radius 2 is 1.85 bits per heavy atom. The zero-order valence-electron chi connectivity index (χ0n) is 22.6. The number of nitrogens with zero attached hydrogens (tertiary/aromatic N) is 2. The molecule has 1 amide bonds. The number of rotatable bonds is 6. The minimum atomic E-state index is -1.40. The van der Waals surface area contributed by atoms with Crippen molar-refractivity contribution in [1.82, 2.24) is 14.9 Å². The molecular formula is C32H32FN3O3S. The number of carbonyl (C=O) groups is 1. The molecule has 6 nitrogen and oxygen atoms in total. The molecule has 0 spiro atoms. The van der Waals surface area contributed by atoms with Crippen molar-refractivity contribution < 1.29 is 14.3 Å². The highest BCUT2D eigenvalue weighted by Crippen LogP contribution is 2.54. The first-order valence-corrected chi connectivity index (χ1v) is 14.7. The fourth-order valence-corrected chi connectivity index (χ4v) is 6.87. The lowest BCUT2D eigenvalue weighted by Gasteiger charge is -2.24. The maximum Gasteiger partial charge on any atom is 0.256 e. The molecule has 2 aliphatic rings. The van der Waals surface area contributed by atoms with Gasteiger partial charge in [0.15, 0.2) is 6.10 Å². The molecule has 1 atom stereocenters. The molecule has 3 heterocycles. The number of aromatic amines is 1. The van der Waals surface area contributed by atoms with E-state index in [2.05, 4.69) is 30.3 Å². The van der Waals surface area contributed by atoms with E-state index >= 15 is 0 Å². The molecule has 2 aromatic carbocycles. The van der Waals surface area contributed by atoms with Gasteiger partial charge in [0.25, 0.3) is 11.5 Å². The van der Waals surface area contributed by atoms with Gasteiger partial charge in [-0.3, -0.25) is 9.59 Å². The van der Waals surface area contributed by atoms with E-state index in [4.69, 9.17) is 4.98 Å². The van der Waals surface area contributed by atoms with Gasteiger partial charge in [0.1, 0.15) is 11.6 Å². The number of aliphatic hydroxyl groups excluding tert-OH is 1. The Kier molecular flexibility index (Phi) is 6.92. The highest BCUT2D eigenvalue weighted by molar-refractivity contribution is 7.10. The predicted octanol–water partition coefficient (Wildman–Crippen LogP) is 5.85. The van der Waals surface area contributed by atoms with Crippen LogP contribution >= 0.6 is 11.3 Å². The molecule has 0 saturated heterocycles. The van der Waals surface area contributed by atoms with Crippen LogP contribution in [-0.2, 0) is 23.2 Å². The monoisotopic (exact) mass is 557 g/mol. The number of aliphatic hydroxyl groups is 1. The summed E-state index contributed by atoms with van der Waals surface area (Å²) in [5.74, 6) is 0.351. The fourth-order valence-electron chi connectivity index (χ4n) is 5.54. The van der Waals surface area contributed by atoms with Gasteiger partial charge in [-0.1, -0.05) is 44.2 Å². The van der Waals surface area contributed by atoms with Crippen LogP contribution in [0.4, 0.5) is 4.39 Å². The first kappa shape index (κ1) is 26.6. The molecule has 1 unspecified atom stereocenters. The van der Waals surface area contributed by atoms with E-state index in [1.807, 2.05) is 6.07 Å². The van der Waals surface area contributed by atoms with E-state index in [0.29, 0.717) is 47.6 Å². The van der Waals surface area contributed by atoms with Gasteiger partial charge in [0.05, 0.1) is 23.2 Å². The summed E-state index contributed by atoms with van der Waals surface area (Å²) in [5.41, 5.74) is 3.88. The Bertz CT molecular complexity index is 1640. The van der Waals surface area contributed by atoms with Crippen molar-refractivity contribution in [2.45, 2.75) is 63.5 Å². The summed E-state index contributed by atoms with van der Waals surface area (Å²) in [4.78, 5) is 37.6. The number of benzene rings is 2. The topological polar surface area (TPSA) is 86.3 Å². The van der Waals surface area contributed by atoms with Crippen LogP contribution in [0.3, 0.4) is 0 Å². The molecule has 1 aliphatic heterocycles. The predicted molar refractivity (Wildman–Crippen MR) is 154 cm³/mol. The molecule has 4 aromatic rings. The van der Waals surface area contributed by atoms with Crippen LogP contribution in [0.2, 0.25) is 0 Å². The Morgan fingerprint density at radius 3 is 2.55 bits per heavy atom. The van der Waals surface area contributed by atoms with E-state index in [-0.39, 0.29) is 23.3 Å². The minimum absolute atomic E-state index is 0.0981. The van der Waals surface area contributed by atoms with E-state index in [1.54, 1.807) is 46.6 Å². The molecule has 2 N–H and O–H groups in total. The minimum Gasteiger partial charge on any atom is -0.378 e. The second kappa shape index (κ2) is 10.4. The van der Waals surface area contributed by atoms with Gasteiger partial charge in [-0.25, -0.2) is 9.37 Å². The van der Waals surface area contributed by atoms with Crippen LogP contribution in [0.25, 0.3) is 11.1 Å². The summed E-state index contributed by atoms with van der Waals surface area (Å²) in [6.07, 6.45) is 1.76. The van der Waals surface area contributed by atoms with Crippen LogP contribution in [0, 0.1) is 5.82 Å². The van der Waals surface area contributed by atoms with E-state index in [1.165, 1.54) is 22.6 Å². The summed E-state index contributed by atoms with van der Waals surface area (Å²) in [6.45, 7) is 4.87. The van der Waals surface area contributed by atoms with Crippen molar-refractivity contribution >= 4 is 17.2 Å². The van der Waals surface area contributed by atoms with Gasteiger partial charge >= 0.3 is 0 Å². The number of hydrogen-bond acceptors (Lipinski definition) is 5. The largest absolute Gasteiger partial charge is 0.378 e. The molecule has 1 fully saturated rings. The summed E-state index contributed by atoms with van der Waals surface area (Å²) in [7, 11) is 0. The summed E-state index contributed by atoms with van der Waals surface area (Å²) >= 11 is 1.73. The maximum absolute atomic E-state index is 13.7. The van der Waals surface area contributed by atoms with E-state index < -0.39 is 12.0 Å². The van der Waals surface area contributed by atoms with E-state index in [9.17, 15) is 19.1 Å². The average Bonchev–Trinajstić information content (AvgIpc) is 3.66. The summed E-state index contributed by atoms with van der Waals surface area (Å²) < 4.78 is 13.7. The third-order valence-electron chi connectivity index (χ3n) is 8.16. The fraction of sp³-hybridized carbons (Fsp3) is 0.344. The van der Waals surface area contributed by atoms with Gasteiger partial charge in [-0.2, -0.15) is 0 Å². The van der Waals surface area contributed by atoms with Gasteiger partial charge < -0.3 is 15.0 Å². The molecule has 6 rings (SSSR count). The zero-order valence-corrected chi connectivity index (χ0v) is 23.4. The number of halogens is 1. The van der Waals surface area contributed by atoms with Crippen LogP contribution in [-0.4, -0.2) is 32.4 Å². The van der Waals surface area contributed by atoms with Gasteiger partial charge in [0, 0.05) is 11.4 Å². The third-order valence-corrected chi connectivity index (χ3v) is 9.31. The SMILES string of the molecule is CC(C)c1csc(C2(c3nc4c(c(=O)[nH]3)CN(C(=O)C(O)c3cccc(-c5cccc(F)c5)c3)CCC4)CC2)c1. The van der Waals surface area contributed by atoms with Crippen molar-refractivity contribution in [3.8, 4) is 11.1 Å². The first-order valence-electron chi connectivity index (χ1n) is 13.8. The van der Waals surface area contributed by atoms with E-state index in [0.717, 1.165) is 24.4 Å². The Morgan fingerprint density at radius 1 is 1.10 bits per heavy atom. The average molecular weight is 558 g/mol. The highest BCUT2D eigenvalue weighted by Gasteiger charge is 2.50. The van der Waals surface area contributed by atoms with Crippen molar-refractivity contribution in [3.63, 3.8) is 0 Å². The Hall–Kier alpha value is -3.62. The highest BCUT2D eigenvalue weighted by atomic mass is 32.1. The van der Waals surface area contributed by atoms with Crippen molar-refractivity contribution in [2.75, 3.05) is 6.54 Å². The van der Waals surface area contributed by atoms with Crippen molar-refractivity contribution in [2.24, 2.45) is 0 Å². The van der Waals surface area contributed by atoms with Gasteiger partial charge in [-0.15, -0.1) is 11.3 Å². The number of aromatic nitrogens is 2. The number of carbonyl (C=O) groups excluding carboxylic acids is 1. The van der Waals surface area contributed by atoms with Crippen molar-refractivity contribution in [3.05, 3.63) is 109 Å². The quantitative estimate of drug-likeness (QED) is 0.312. The molecular weight excluding hydrogens is 525 g/mol. The zero-order chi connectivity index (χ0) is 28.0. The second-order valence-electron chi connectivity index (χ2n) is 11.2. The normalized spacial score (nSPS) is 16.9. The van der Waals surface area contributed by atoms with Crippen LogP contribution in [0.5, 0.6) is 0 Å². The lowest BCUT2D eigenvalue weighted by Crippen LogP contribution is -2.36. The van der Waals surface area contributed by atoms with Crippen LogP contribution in [0.15, 0.2) is 64.8 Å². The van der Waals surface area contributed by atoms with Crippen LogP contribution in [0.1, 0.15) is 78.2 Å². The number of nitrogens with one attached hydrogen (secondary N) is 1. The summed E-state index contributed by atoms with van der Waals surface area (Å²) in [5, 5.41) is 13.2.